The summed E-state index contributed by atoms with van der Waals surface area (Å²) in [6.45, 7) is 1.99. The fourth-order valence-electron chi connectivity index (χ4n) is 3.97. The molecule has 1 atom stereocenters. The van der Waals surface area contributed by atoms with Gasteiger partial charge in [-0.2, -0.15) is 0 Å². The summed E-state index contributed by atoms with van der Waals surface area (Å²) in [5, 5.41) is 0. The van der Waals surface area contributed by atoms with Crippen LogP contribution < -0.4 is 4.74 Å². The van der Waals surface area contributed by atoms with Crippen LogP contribution in [0.5, 0.6) is 5.75 Å². The molecule has 0 bridgehead atoms. The van der Waals surface area contributed by atoms with Crippen LogP contribution in [0.25, 0.3) is 11.6 Å². The highest BCUT2D eigenvalue weighted by Gasteiger charge is 2.34. The Labute approximate surface area is 201 Å². The van der Waals surface area contributed by atoms with Crippen LogP contribution in [-0.2, 0) is 24.2 Å². The lowest BCUT2D eigenvalue weighted by Gasteiger charge is -2.28. The smallest absolute Gasteiger partial charge is 0.339 e. The van der Waals surface area contributed by atoms with Gasteiger partial charge in [-0.3, -0.25) is 4.79 Å². The number of unbranched alkanes of at least 4 members (excludes halogenated alkanes) is 1. The summed E-state index contributed by atoms with van der Waals surface area (Å²) in [6.07, 6.45) is 3.70. The highest BCUT2D eigenvalue weighted by atomic mass is 32.2. The van der Waals surface area contributed by atoms with Crippen molar-refractivity contribution in [3.05, 3.63) is 65.7 Å². The lowest BCUT2D eigenvalue weighted by Crippen LogP contribution is -2.43. The van der Waals surface area contributed by atoms with Crippen LogP contribution in [0.1, 0.15) is 37.3 Å². The molecule has 34 heavy (non-hydrogen) atoms. The second-order valence-electron chi connectivity index (χ2n) is 8.24. The molecule has 0 aliphatic carbocycles. The summed E-state index contributed by atoms with van der Waals surface area (Å²) in [4.78, 5) is 27.7. The second-order valence-corrected chi connectivity index (χ2v) is 10.5. The number of para-hydroxylation sites is 1. The van der Waals surface area contributed by atoms with Crippen molar-refractivity contribution >= 4 is 33.4 Å². The third-order valence-corrected chi connectivity index (χ3v) is 7.54. The molecule has 1 saturated heterocycles. The molecule has 2 aromatic carbocycles. The highest BCUT2D eigenvalue weighted by molar-refractivity contribution is 7.91. The fourth-order valence-corrected chi connectivity index (χ4v) is 5.70. The average molecular weight is 486 g/mol. The molecule has 1 fully saturated rings. The Morgan fingerprint density at radius 1 is 1.09 bits per heavy atom. The first-order chi connectivity index (χ1) is 16.3. The minimum Gasteiger partial charge on any atom is -0.496 e. The first kappa shape index (κ1) is 25.5. The lowest BCUT2D eigenvalue weighted by atomic mass is 10.0. The van der Waals surface area contributed by atoms with E-state index in [1.54, 1.807) is 36.3 Å². The van der Waals surface area contributed by atoms with Gasteiger partial charge in [0, 0.05) is 18.2 Å². The number of benzene rings is 2. The van der Waals surface area contributed by atoms with Crippen molar-refractivity contribution in [1.29, 1.82) is 0 Å². The first-order valence-electron chi connectivity index (χ1n) is 11.4. The van der Waals surface area contributed by atoms with Crippen molar-refractivity contribution in [2.75, 3.05) is 31.8 Å². The van der Waals surface area contributed by atoms with Crippen molar-refractivity contribution < 1.29 is 27.5 Å². The van der Waals surface area contributed by atoms with Crippen molar-refractivity contribution in [2.45, 2.75) is 32.2 Å². The van der Waals surface area contributed by atoms with Crippen LogP contribution in [0.3, 0.4) is 0 Å². The van der Waals surface area contributed by atoms with Gasteiger partial charge in [-0.15, -0.1) is 0 Å². The zero-order valence-electron chi connectivity index (χ0n) is 19.6. The maximum Gasteiger partial charge on any atom is 0.339 e. The summed E-state index contributed by atoms with van der Waals surface area (Å²) >= 11 is 0. The van der Waals surface area contributed by atoms with Gasteiger partial charge in [0.1, 0.15) is 5.75 Å². The topological polar surface area (TPSA) is 90.0 Å². The van der Waals surface area contributed by atoms with Gasteiger partial charge in [-0.25, -0.2) is 13.2 Å². The monoisotopic (exact) mass is 485 g/mol. The summed E-state index contributed by atoms with van der Waals surface area (Å²) in [5.74, 6) is -0.381. The van der Waals surface area contributed by atoms with E-state index in [0.717, 1.165) is 12.8 Å². The zero-order valence-corrected chi connectivity index (χ0v) is 20.4. The van der Waals surface area contributed by atoms with Crippen LogP contribution in [-0.4, -0.2) is 63.0 Å². The van der Waals surface area contributed by atoms with E-state index >= 15 is 0 Å². The standard InChI is InChI=1S/C26H31NO6S/c1-3-4-15-27(22-14-16-34(30,31)19-22)25(28)18-33-26(29)23(20-10-6-5-7-11-20)17-21-12-8-9-13-24(21)32-2/h5-13,17,22H,3-4,14-16,18-19H2,1-2H3/b23-17+. The number of hydrogen-bond acceptors (Lipinski definition) is 6. The van der Waals surface area contributed by atoms with E-state index in [4.69, 9.17) is 9.47 Å². The van der Waals surface area contributed by atoms with E-state index < -0.39 is 22.4 Å². The Bertz CT molecular complexity index is 1130. The molecule has 2 aromatic rings. The third kappa shape index (κ3) is 6.70. The number of carbonyl (C=O) groups excluding carboxylic acids is 2. The number of nitrogens with zero attached hydrogens (tertiary/aromatic N) is 1. The molecular formula is C26H31NO6S. The normalized spacial score (nSPS) is 17.2. The Balaban J connectivity index is 1.79. The van der Waals surface area contributed by atoms with Crippen molar-refractivity contribution in [3.8, 4) is 5.75 Å². The Morgan fingerprint density at radius 2 is 1.79 bits per heavy atom. The first-order valence-corrected chi connectivity index (χ1v) is 13.2. The highest BCUT2D eigenvalue weighted by Crippen LogP contribution is 2.26. The number of esters is 1. The molecular weight excluding hydrogens is 454 g/mol. The molecule has 7 nitrogen and oxygen atoms in total. The van der Waals surface area contributed by atoms with Gasteiger partial charge in [-0.05, 0) is 30.5 Å². The summed E-state index contributed by atoms with van der Waals surface area (Å²) in [7, 11) is -1.59. The number of methoxy groups -OCH3 is 1. The van der Waals surface area contributed by atoms with Crippen molar-refractivity contribution in [1.82, 2.24) is 4.90 Å². The largest absolute Gasteiger partial charge is 0.496 e. The van der Waals surface area contributed by atoms with Crippen LogP contribution in [0, 0.1) is 0 Å². The van der Waals surface area contributed by atoms with Crippen LogP contribution >= 0.6 is 0 Å². The Morgan fingerprint density at radius 3 is 2.44 bits per heavy atom. The molecule has 0 spiro atoms. The van der Waals surface area contributed by atoms with Gasteiger partial charge in [0.05, 0.1) is 24.2 Å². The van der Waals surface area contributed by atoms with E-state index in [0.29, 0.717) is 35.4 Å². The third-order valence-electron chi connectivity index (χ3n) is 5.79. The number of hydrogen-bond donors (Lipinski definition) is 0. The number of amides is 1. The van der Waals surface area contributed by atoms with E-state index in [2.05, 4.69) is 0 Å². The number of sulfone groups is 1. The van der Waals surface area contributed by atoms with Gasteiger partial charge in [-0.1, -0.05) is 61.9 Å². The molecule has 1 amide bonds. The molecule has 0 N–H and O–H groups in total. The molecule has 0 aromatic heterocycles. The number of carbonyl (C=O) groups is 2. The van der Waals surface area contributed by atoms with Crippen LogP contribution in [0.4, 0.5) is 0 Å². The van der Waals surface area contributed by atoms with Crippen molar-refractivity contribution in [2.24, 2.45) is 0 Å². The molecule has 1 aliphatic rings. The molecule has 1 unspecified atom stereocenters. The van der Waals surface area contributed by atoms with E-state index in [-0.39, 0.29) is 23.5 Å². The summed E-state index contributed by atoms with van der Waals surface area (Å²) in [5.41, 5.74) is 1.64. The van der Waals surface area contributed by atoms with Crippen molar-refractivity contribution in [3.63, 3.8) is 0 Å². The van der Waals surface area contributed by atoms with E-state index in [1.165, 1.54) is 0 Å². The molecule has 0 saturated carbocycles. The predicted molar refractivity (Wildman–Crippen MR) is 132 cm³/mol. The van der Waals surface area contributed by atoms with Gasteiger partial charge in [0.25, 0.3) is 5.91 Å². The maximum absolute atomic E-state index is 13.1. The van der Waals surface area contributed by atoms with E-state index in [1.807, 2.05) is 43.3 Å². The number of rotatable bonds is 10. The maximum atomic E-state index is 13.1. The zero-order chi connectivity index (χ0) is 24.6. The minimum atomic E-state index is -3.14. The average Bonchev–Trinajstić information content (AvgIpc) is 3.21. The lowest BCUT2D eigenvalue weighted by molar-refractivity contribution is -0.148. The minimum absolute atomic E-state index is 0.0423. The Kier molecular flexibility index (Phi) is 8.87. The molecule has 0 radical (unpaired) electrons. The quantitative estimate of drug-likeness (QED) is 0.290. The molecule has 182 valence electrons. The summed E-state index contributed by atoms with van der Waals surface area (Å²) < 4.78 is 34.7. The van der Waals surface area contributed by atoms with Gasteiger partial charge >= 0.3 is 5.97 Å². The summed E-state index contributed by atoms with van der Waals surface area (Å²) in [6, 6.07) is 16.0. The molecule has 8 heteroatoms. The molecule has 3 rings (SSSR count). The number of ether oxygens (including phenoxy) is 2. The predicted octanol–water partition coefficient (Wildman–Crippen LogP) is 3.59. The second kappa shape index (κ2) is 11.8. The van der Waals surface area contributed by atoms with Gasteiger partial charge in [0.15, 0.2) is 16.4 Å². The fraction of sp³-hybridized carbons (Fsp3) is 0.385. The Hall–Kier alpha value is -3.13. The van der Waals surface area contributed by atoms with Crippen LogP contribution in [0.15, 0.2) is 54.6 Å². The van der Waals surface area contributed by atoms with Crippen LogP contribution in [0.2, 0.25) is 0 Å². The molecule has 1 aliphatic heterocycles. The van der Waals surface area contributed by atoms with E-state index in [9.17, 15) is 18.0 Å². The van der Waals surface area contributed by atoms with Gasteiger partial charge in [0.2, 0.25) is 0 Å². The SMILES string of the molecule is CCCCN(C(=O)COC(=O)/C(=C/c1ccccc1OC)c1ccccc1)C1CCS(=O)(=O)C1. The van der Waals surface area contributed by atoms with Gasteiger partial charge < -0.3 is 14.4 Å². The molecule has 1 heterocycles.